The van der Waals surface area contributed by atoms with E-state index in [1.807, 2.05) is 0 Å². The van der Waals surface area contributed by atoms with E-state index in [1.165, 1.54) is 30.3 Å². The molecule has 0 bridgehead atoms. The van der Waals surface area contributed by atoms with Gasteiger partial charge < -0.3 is 0 Å². The van der Waals surface area contributed by atoms with Crippen LogP contribution in [0.5, 0.6) is 0 Å². The predicted octanol–water partition coefficient (Wildman–Crippen LogP) is 5.81. The van der Waals surface area contributed by atoms with Crippen LogP contribution in [-0.2, 0) is 9.59 Å². The molecule has 3 amide bonds. The molecule has 6 nitrogen and oxygen atoms in total. The van der Waals surface area contributed by atoms with Gasteiger partial charge in [0.05, 0.1) is 22.4 Å². The van der Waals surface area contributed by atoms with Crippen LogP contribution in [0.3, 0.4) is 0 Å². The summed E-state index contributed by atoms with van der Waals surface area (Å²) < 4.78 is 0. The van der Waals surface area contributed by atoms with E-state index in [4.69, 9.17) is 34.8 Å². The quantitative estimate of drug-likeness (QED) is 0.233. The van der Waals surface area contributed by atoms with Gasteiger partial charge in [-0.15, -0.1) is 0 Å². The van der Waals surface area contributed by atoms with Gasteiger partial charge in [0.2, 0.25) is 0 Å². The van der Waals surface area contributed by atoms with Crippen LogP contribution in [0.4, 0.5) is 0 Å². The van der Waals surface area contributed by atoms with Crippen LogP contribution in [-0.4, -0.2) is 49.7 Å². The summed E-state index contributed by atoms with van der Waals surface area (Å²) in [4.78, 5) is 53.4. The van der Waals surface area contributed by atoms with Gasteiger partial charge in [-0.2, -0.15) is 5.01 Å². The molecular weight excluding hydrogens is 634 g/mol. The monoisotopic (exact) mass is 648 g/mol. The van der Waals surface area contributed by atoms with Gasteiger partial charge in [-0.25, -0.2) is 5.01 Å². The fraction of sp³-hybridized carbons (Fsp3) is 0.304. The maximum absolute atomic E-state index is 13.6. The van der Waals surface area contributed by atoms with Gasteiger partial charge >= 0.3 is 0 Å². The second-order valence-electron chi connectivity index (χ2n) is 8.12. The number of rotatable bonds is 5. The van der Waals surface area contributed by atoms with E-state index in [9.17, 15) is 19.2 Å². The summed E-state index contributed by atoms with van der Waals surface area (Å²) in [5.74, 6) is -3.43. The normalized spacial score (nSPS) is 24.2. The molecule has 1 saturated carbocycles. The average Bonchev–Trinajstić information content (AvgIpc) is 3.02. The molecular formula is C23H17Br2Cl3N2O4. The summed E-state index contributed by atoms with van der Waals surface area (Å²) in [7, 11) is 0. The highest BCUT2D eigenvalue weighted by atomic mass is 79.9. The molecule has 4 atom stereocenters. The first kappa shape index (κ1) is 25.6. The van der Waals surface area contributed by atoms with E-state index >= 15 is 0 Å². The number of nitrogens with zero attached hydrogens (tertiary/aromatic N) is 2. The minimum Gasteiger partial charge on any atom is -0.292 e. The Hall–Kier alpha value is -1.45. The number of benzene rings is 2. The Morgan fingerprint density at radius 3 is 1.94 bits per heavy atom. The maximum atomic E-state index is 13.6. The lowest BCUT2D eigenvalue weighted by Crippen LogP contribution is -2.52. The van der Waals surface area contributed by atoms with Crippen molar-refractivity contribution in [2.45, 2.75) is 22.5 Å². The van der Waals surface area contributed by atoms with E-state index < -0.39 is 41.9 Å². The number of hydrogen-bond acceptors (Lipinski definition) is 4. The Morgan fingerprint density at radius 2 is 1.41 bits per heavy atom. The molecule has 1 heterocycles. The Kier molecular flexibility index (Phi) is 7.74. The molecule has 178 valence electrons. The van der Waals surface area contributed by atoms with Crippen molar-refractivity contribution >= 4 is 90.2 Å². The number of alkyl halides is 2. The lowest BCUT2D eigenvalue weighted by Gasteiger charge is -2.30. The SMILES string of the molecule is O=C(CN(C(=O)c1ccc(Cl)cc1Cl)N1C(=O)[C@@H]2C[C@@H](Br)[C@@H](Br)C[C@H]2C1=O)c1ccc(Cl)cc1. The number of carbonyl (C=O) groups is 4. The van der Waals surface area contributed by atoms with Crippen LogP contribution in [0.1, 0.15) is 33.6 Å². The van der Waals surface area contributed by atoms with E-state index in [0.29, 0.717) is 22.9 Å². The summed E-state index contributed by atoms with van der Waals surface area (Å²) in [5.41, 5.74) is 0.295. The van der Waals surface area contributed by atoms with E-state index in [1.54, 1.807) is 12.1 Å². The molecule has 4 rings (SSSR count). The van der Waals surface area contributed by atoms with Crippen LogP contribution in [0.25, 0.3) is 0 Å². The van der Waals surface area contributed by atoms with Crippen LogP contribution < -0.4 is 0 Å². The Balaban J connectivity index is 1.72. The molecule has 2 aromatic rings. The van der Waals surface area contributed by atoms with Gasteiger partial charge in [0.15, 0.2) is 5.78 Å². The van der Waals surface area contributed by atoms with E-state index in [2.05, 4.69) is 31.9 Å². The third-order valence-corrected chi connectivity index (χ3v) is 9.52. The highest BCUT2D eigenvalue weighted by Crippen LogP contribution is 2.44. The number of amides is 3. The first-order chi connectivity index (χ1) is 16.1. The van der Waals surface area contributed by atoms with Crippen molar-refractivity contribution in [3.05, 3.63) is 68.7 Å². The first-order valence-electron chi connectivity index (χ1n) is 10.3. The van der Waals surface area contributed by atoms with Crippen LogP contribution in [0.2, 0.25) is 15.1 Å². The number of carbonyl (C=O) groups excluding carboxylic acids is 4. The number of imide groups is 1. The van der Waals surface area contributed by atoms with Crippen LogP contribution in [0, 0.1) is 11.8 Å². The average molecular weight is 652 g/mol. The Bertz CT molecular complexity index is 1150. The van der Waals surface area contributed by atoms with Gasteiger partial charge in [0.1, 0.15) is 6.54 Å². The number of fused-ring (bicyclic) bond motifs is 1. The number of Topliss-reactive ketones (excluding diaryl/α,β-unsaturated/α-hetero) is 1. The van der Waals surface area contributed by atoms with E-state index in [-0.39, 0.29) is 25.8 Å². The lowest BCUT2D eigenvalue weighted by molar-refractivity contribution is -0.154. The molecule has 34 heavy (non-hydrogen) atoms. The minimum atomic E-state index is -0.755. The van der Waals surface area contributed by atoms with Crippen molar-refractivity contribution in [2.24, 2.45) is 11.8 Å². The third-order valence-electron chi connectivity index (χ3n) is 5.99. The summed E-state index contributed by atoms with van der Waals surface area (Å²) in [5, 5.41) is 2.51. The fourth-order valence-corrected chi connectivity index (χ4v) is 6.07. The lowest BCUT2D eigenvalue weighted by atomic mass is 9.81. The zero-order valence-corrected chi connectivity index (χ0v) is 22.8. The van der Waals surface area contributed by atoms with Crippen molar-refractivity contribution < 1.29 is 19.2 Å². The van der Waals surface area contributed by atoms with Gasteiger partial charge in [-0.05, 0) is 55.3 Å². The van der Waals surface area contributed by atoms with Crippen molar-refractivity contribution in [2.75, 3.05) is 6.54 Å². The third kappa shape index (κ3) is 4.93. The van der Waals surface area contributed by atoms with Gasteiger partial charge in [-0.3, -0.25) is 19.2 Å². The number of ketones is 1. The van der Waals surface area contributed by atoms with Crippen molar-refractivity contribution in [3.63, 3.8) is 0 Å². The molecule has 0 aromatic heterocycles. The van der Waals surface area contributed by atoms with Gasteiger partial charge in [0.25, 0.3) is 17.7 Å². The second kappa shape index (κ2) is 10.3. The van der Waals surface area contributed by atoms with Crippen LogP contribution in [0.15, 0.2) is 42.5 Å². The van der Waals surface area contributed by atoms with Crippen molar-refractivity contribution in [1.29, 1.82) is 0 Å². The second-order valence-corrected chi connectivity index (χ2v) is 11.8. The summed E-state index contributed by atoms with van der Waals surface area (Å²) in [6.45, 7) is -0.536. The zero-order valence-electron chi connectivity index (χ0n) is 17.4. The Morgan fingerprint density at radius 1 is 0.882 bits per heavy atom. The smallest absolute Gasteiger partial charge is 0.274 e. The minimum absolute atomic E-state index is 0.00369. The maximum Gasteiger partial charge on any atom is 0.274 e. The Labute approximate surface area is 227 Å². The van der Waals surface area contributed by atoms with Crippen LogP contribution >= 0.6 is 66.7 Å². The van der Waals surface area contributed by atoms with Gasteiger partial charge in [-0.1, -0.05) is 66.7 Å². The molecule has 11 heteroatoms. The zero-order chi connectivity index (χ0) is 24.7. The van der Waals surface area contributed by atoms with E-state index in [0.717, 1.165) is 10.0 Å². The molecule has 0 radical (unpaired) electrons. The summed E-state index contributed by atoms with van der Waals surface area (Å²) >= 11 is 25.2. The highest BCUT2D eigenvalue weighted by molar-refractivity contribution is 9.12. The van der Waals surface area contributed by atoms with Crippen molar-refractivity contribution in [1.82, 2.24) is 10.0 Å². The fourth-order valence-electron chi connectivity index (χ4n) is 4.21. The summed E-state index contributed by atoms with van der Waals surface area (Å²) in [6, 6.07) is 10.4. The molecule has 2 aromatic carbocycles. The molecule has 1 saturated heterocycles. The van der Waals surface area contributed by atoms with Crippen molar-refractivity contribution in [3.8, 4) is 0 Å². The number of halogens is 5. The summed E-state index contributed by atoms with van der Waals surface area (Å²) in [6.07, 6.45) is 0.854. The molecule has 1 aliphatic heterocycles. The number of hydrogen-bond donors (Lipinski definition) is 0. The predicted molar refractivity (Wildman–Crippen MR) is 137 cm³/mol. The highest BCUT2D eigenvalue weighted by Gasteiger charge is 2.54. The largest absolute Gasteiger partial charge is 0.292 e. The topological polar surface area (TPSA) is 74.8 Å². The molecule has 2 aliphatic rings. The molecule has 2 fully saturated rings. The standard InChI is InChI=1S/C23H17Br2Cl3N2O4/c24-17-8-15-16(9-18(17)25)23(34)30(22(15)33)29(10-20(31)11-1-3-12(26)4-2-11)21(32)14-6-5-13(27)7-19(14)28/h1-7,15-18H,8-10H2/t15-,16-,17-,18+/m1/s1. The first-order valence-corrected chi connectivity index (χ1v) is 13.3. The molecule has 1 aliphatic carbocycles. The number of hydrazine groups is 1. The molecule has 0 spiro atoms. The molecule has 0 unspecified atom stereocenters. The molecule has 0 N–H and O–H groups in total. The van der Waals surface area contributed by atoms with Gasteiger partial charge in [0, 0.05) is 25.3 Å².